The fraction of sp³-hybridized carbons (Fsp3) is 0.667. The highest BCUT2D eigenvalue weighted by molar-refractivity contribution is 5.47. The van der Waals surface area contributed by atoms with Gasteiger partial charge < -0.3 is 10.2 Å². The number of pyridine rings is 1. The molecular formula is C15H25N3. The molecule has 2 unspecified atom stereocenters. The molecule has 3 nitrogen and oxygen atoms in total. The Morgan fingerprint density at radius 3 is 2.72 bits per heavy atom. The van der Waals surface area contributed by atoms with Crippen molar-refractivity contribution in [3.63, 3.8) is 0 Å². The van der Waals surface area contributed by atoms with Crippen molar-refractivity contribution in [2.24, 2.45) is 11.8 Å². The molecule has 0 saturated carbocycles. The van der Waals surface area contributed by atoms with Gasteiger partial charge in [-0.05, 0) is 36.9 Å². The average Bonchev–Trinajstić information content (AvgIpc) is 2.35. The smallest absolute Gasteiger partial charge is 0.0562 e. The molecule has 1 aromatic rings. The maximum Gasteiger partial charge on any atom is 0.0562 e. The van der Waals surface area contributed by atoms with Gasteiger partial charge in [-0.1, -0.05) is 20.8 Å². The molecule has 1 aromatic heterocycles. The summed E-state index contributed by atoms with van der Waals surface area (Å²) in [7, 11) is 0. The van der Waals surface area contributed by atoms with Crippen LogP contribution in [0.5, 0.6) is 0 Å². The molecule has 0 amide bonds. The SMILES string of the molecule is CCNCc1cc(N2CC(C)CC(C)C2)ccn1. The van der Waals surface area contributed by atoms with Gasteiger partial charge in [0.05, 0.1) is 5.69 Å². The third-order valence-corrected chi connectivity index (χ3v) is 3.59. The van der Waals surface area contributed by atoms with Gasteiger partial charge in [-0.15, -0.1) is 0 Å². The minimum Gasteiger partial charge on any atom is -0.371 e. The van der Waals surface area contributed by atoms with E-state index in [1.165, 1.54) is 25.2 Å². The van der Waals surface area contributed by atoms with Gasteiger partial charge in [0.15, 0.2) is 0 Å². The third kappa shape index (κ3) is 3.45. The Labute approximate surface area is 111 Å². The summed E-state index contributed by atoms with van der Waals surface area (Å²) in [5.41, 5.74) is 2.47. The van der Waals surface area contributed by atoms with E-state index in [1.54, 1.807) is 0 Å². The minimum atomic E-state index is 0.791. The van der Waals surface area contributed by atoms with E-state index in [9.17, 15) is 0 Å². The van der Waals surface area contributed by atoms with Gasteiger partial charge in [-0.25, -0.2) is 0 Å². The first-order chi connectivity index (χ1) is 8.69. The zero-order chi connectivity index (χ0) is 13.0. The zero-order valence-electron chi connectivity index (χ0n) is 11.8. The average molecular weight is 247 g/mol. The van der Waals surface area contributed by atoms with Crippen LogP contribution in [0.2, 0.25) is 0 Å². The number of hydrogen-bond acceptors (Lipinski definition) is 3. The molecule has 1 saturated heterocycles. The number of nitrogens with zero attached hydrogens (tertiary/aromatic N) is 2. The second kappa shape index (κ2) is 6.19. The van der Waals surface area contributed by atoms with Crippen LogP contribution >= 0.6 is 0 Å². The van der Waals surface area contributed by atoms with Gasteiger partial charge in [0.25, 0.3) is 0 Å². The van der Waals surface area contributed by atoms with Crippen molar-refractivity contribution in [2.45, 2.75) is 33.7 Å². The number of nitrogens with one attached hydrogen (secondary N) is 1. The van der Waals surface area contributed by atoms with Crippen LogP contribution in [-0.2, 0) is 6.54 Å². The molecule has 0 radical (unpaired) electrons. The highest BCUT2D eigenvalue weighted by atomic mass is 15.1. The molecule has 0 aromatic carbocycles. The molecule has 2 atom stereocenters. The topological polar surface area (TPSA) is 28.2 Å². The van der Waals surface area contributed by atoms with Gasteiger partial charge >= 0.3 is 0 Å². The highest BCUT2D eigenvalue weighted by Gasteiger charge is 2.22. The van der Waals surface area contributed by atoms with Crippen molar-refractivity contribution < 1.29 is 0 Å². The predicted molar refractivity (Wildman–Crippen MR) is 76.8 cm³/mol. The summed E-state index contributed by atoms with van der Waals surface area (Å²) in [5.74, 6) is 1.58. The summed E-state index contributed by atoms with van der Waals surface area (Å²) in [4.78, 5) is 6.93. The maximum absolute atomic E-state index is 4.42. The van der Waals surface area contributed by atoms with E-state index in [1.807, 2.05) is 6.20 Å². The molecule has 3 heteroatoms. The Morgan fingerprint density at radius 1 is 1.33 bits per heavy atom. The fourth-order valence-corrected chi connectivity index (χ4v) is 2.89. The van der Waals surface area contributed by atoms with Crippen LogP contribution in [0.3, 0.4) is 0 Å². The van der Waals surface area contributed by atoms with Gasteiger partial charge in [0.1, 0.15) is 0 Å². The van der Waals surface area contributed by atoms with Crippen LogP contribution in [0, 0.1) is 11.8 Å². The number of piperidine rings is 1. The van der Waals surface area contributed by atoms with E-state index in [0.717, 1.165) is 30.6 Å². The summed E-state index contributed by atoms with van der Waals surface area (Å²) in [6.07, 6.45) is 3.29. The standard InChI is InChI=1S/C15H25N3/c1-4-16-9-14-8-15(5-6-17-14)18-10-12(2)7-13(3)11-18/h5-6,8,12-13,16H,4,7,9-11H2,1-3H3. The Kier molecular flexibility index (Phi) is 4.59. The quantitative estimate of drug-likeness (QED) is 0.886. The van der Waals surface area contributed by atoms with Crippen LogP contribution in [0.25, 0.3) is 0 Å². The lowest BCUT2D eigenvalue weighted by atomic mass is 9.91. The van der Waals surface area contributed by atoms with E-state index < -0.39 is 0 Å². The van der Waals surface area contributed by atoms with Crippen LogP contribution in [0.4, 0.5) is 5.69 Å². The van der Waals surface area contributed by atoms with Crippen molar-refractivity contribution >= 4 is 5.69 Å². The van der Waals surface area contributed by atoms with E-state index in [0.29, 0.717) is 0 Å². The Hall–Kier alpha value is -1.09. The molecule has 100 valence electrons. The number of rotatable bonds is 4. The van der Waals surface area contributed by atoms with Gasteiger partial charge in [0.2, 0.25) is 0 Å². The molecule has 1 fully saturated rings. The number of hydrogen-bond donors (Lipinski definition) is 1. The largest absolute Gasteiger partial charge is 0.371 e. The monoisotopic (exact) mass is 247 g/mol. The van der Waals surface area contributed by atoms with Crippen molar-refractivity contribution in [1.29, 1.82) is 0 Å². The summed E-state index contributed by atoms with van der Waals surface area (Å²) < 4.78 is 0. The van der Waals surface area contributed by atoms with E-state index in [2.05, 4.69) is 48.1 Å². The first-order valence-electron chi connectivity index (χ1n) is 7.09. The molecule has 1 N–H and O–H groups in total. The maximum atomic E-state index is 4.42. The molecule has 2 heterocycles. The lowest BCUT2D eigenvalue weighted by molar-refractivity contribution is 0.357. The van der Waals surface area contributed by atoms with Gasteiger partial charge in [-0.2, -0.15) is 0 Å². The van der Waals surface area contributed by atoms with Crippen molar-refractivity contribution in [3.8, 4) is 0 Å². The second-order valence-corrected chi connectivity index (χ2v) is 5.64. The summed E-state index contributed by atoms with van der Waals surface area (Å²) >= 11 is 0. The fourth-order valence-electron chi connectivity index (χ4n) is 2.89. The van der Waals surface area contributed by atoms with Crippen LogP contribution in [-0.4, -0.2) is 24.6 Å². The molecule has 1 aliphatic heterocycles. The molecule has 0 aliphatic carbocycles. The predicted octanol–water partition coefficient (Wildman–Crippen LogP) is 2.67. The minimum absolute atomic E-state index is 0.791. The van der Waals surface area contributed by atoms with Crippen molar-refractivity contribution in [3.05, 3.63) is 24.0 Å². The molecule has 0 spiro atoms. The summed E-state index contributed by atoms with van der Waals surface area (Å²) in [5, 5.41) is 3.33. The van der Waals surface area contributed by atoms with Crippen LogP contribution in [0.15, 0.2) is 18.3 Å². The molecular weight excluding hydrogens is 222 g/mol. The lowest BCUT2D eigenvalue weighted by Gasteiger charge is -2.36. The molecule has 2 rings (SSSR count). The molecule has 1 aliphatic rings. The zero-order valence-corrected chi connectivity index (χ0v) is 11.8. The molecule has 0 bridgehead atoms. The summed E-state index contributed by atoms with van der Waals surface area (Å²) in [6, 6.07) is 4.37. The second-order valence-electron chi connectivity index (χ2n) is 5.64. The van der Waals surface area contributed by atoms with Crippen molar-refractivity contribution in [1.82, 2.24) is 10.3 Å². The van der Waals surface area contributed by atoms with E-state index in [-0.39, 0.29) is 0 Å². The Bertz CT molecular complexity index is 368. The summed E-state index contributed by atoms with van der Waals surface area (Å²) in [6.45, 7) is 11.0. The van der Waals surface area contributed by atoms with E-state index in [4.69, 9.17) is 0 Å². The van der Waals surface area contributed by atoms with Crippen molar-refractivity contribution in [2.75, 3.05) is 24.5 Å². The first-order valence-corrected chi connectivity index (χ1v) is 7.09. The third-order valence-electron chi connectivity index (χ3n) is 3.59. The van der Waals surface area contributed by atoms with Crippen LogP contribution < -0.4 is 10.2 Å². The normalized spacial score (nSPS) is 24.3. The van der Waals surface area contributed by atoms with Gasteiger partial charge in [-0.3, -0.25) is 4.98 Å². The van der Waals surface area contributed by atoms with E-state index >= 15 is 0 Å². The van der Waals surface area contributed by atoms with Crippen LogP contribution in [0.1, 0.15) is 32.9 Å². The highest BCUT2D eigenvalue weighted by Crippen LogP contribution is 2.26. The Balaban J connectivity index is 2.07. The number of anilines is 1. The van der Waals surface area contributed by atoms with Gasteiger partial charge in [0, 0.05) is 31.5 Å². The molecule has 18 heavy (non-hydrogen) atoms. The lowest BCUT2D eigenvalue weighted by Crippen LogP contribution is -2.38. The Morgan fingerprint density at radius 2 is 2.06 bits per heavy atom. The first kappa shape index (κ1) is 13.3. The number of aromatic nitrogens is 1.